The lowest BCUT2D eigenvalue weighted by Crippen LogP contribution is -2.09. The zero-order valence-corrected chi connectivity index (χ0v) is 8.79. The van der Waals surface area contributed by atoms with Gasteiger partial charge in [-0.05, 0) is 28.4 Å². The molecule has 2 nitrogen and oxygen atoms in total. The zero-order chi connectivity index (χ0) is 9.84. The predicted molar refractivity (Wildman–Crippen MR) is 57.5 cm³/mol. The lowest BCUT2D eigenvalue weighted by Gasteiger charge is -2.11. The first-order valence-electron chi connectivity index (χ1n) is 4.00. The van der Waals surface area contributed by atoms with E-state index in [1.54, 1.807) is 12.1 Å². The first-order chi connectivity index (χ1) is 6.16. The number of nitrogens with two attached hydrogens (primary N) is 1. The quantitative estimate of drug-likeness (QED) is 0.800. The molecule has 0 aromatic heterocycles. The Morgan fingerprint density at radius 2 is 2.31 bits per heavy atom. The molecular weight excluding hydrogens is 230 g/mol. The highest BCUT2D eigenvalue weighted by Gasteiger charge is 2.10. The Hall–Kier alpha value is -0.800. The zero-order valence-electron chi connectivity index (χ0n) is 7.20. The third-order valence-electron chi connectivity index (χ3n) is 1.84. The Balaban J connectivity index is 3.00. The number of halogens is 1. The monoisotopic (exact) mass is 241 g/mol. The van der Waals surface area contributed by atoms with Gasteiger partial charge in [0, 0.05) is 11.6 Å². The molecule has 0 aliphatic rings. The molecule has 0 bridgehead atoms. The number of rotatable bonds is 3. The Labute approximate surface area is 86.2 Å². The normalized spacial score (nSPS) is 12.5. The van der Waals surface area contributed by atoms with Crippen molar-refractivity contribution in [1.82, 2.24) is 0 Å². The summed E-state index contributed by atoms with van der Waals surface area (Å²) in [6.45, 7) is 3.60. The van der Waals surface area contributed by atoms with Gasteiger partial charge in [-0.2, -0.15) is 0 Å². The summed E-state index contributed by atoms with van der Waals surface area (Å²) in [5.74, 6) is 0.219. The lowest BCUT2D eigenvalue weighted by molar-refractivity contribution is 0.458. The first-order valence-corrected chi connectivity index (χ1v) is 4.80. The molecule has 0 saturated heterocycles. The summed E-state index contributed by atoms with van der Waals surface area (Å²) in [6.07, 6.45) is 2.40. The minimum Gasteiger partial charge on any atom is -0.506 e. The van der Waals surface area contributed by atoms with Crippen LogP contribution in [0.1, 0.15) is 18.0 Å². The van der Waals surface area contributed by atoms with E-state index in [0.717, 1.165) is 5.56 Å². The summed E-state index contributed by atoms with van der Waals surface area (Å²) in [5, 5.41) is 9.63. The molecule has 0 unspecified atom stereocenters. The summed E-state index contributed by atoms with van der Waals surface area (Å²) in [6, 6.07) is 5.26. The fourth-order valence-corrected chi connectivity index (χ4v) is 1.52. The number of hydrogen-bond donors (Lipinski definition) is 2. The van der Waals surface area contributed by atoms with Gasteiger partial charge in [0.05, 0.1) is 4.47 Å². The van der Waals surface area contributed by atoms with Crippen LogP contribution in [0.5, 0.6) is 5.75 Å². The third-order valence-corrected chi connectivity index (χ3v) is 2.48. The van der Waals surface area contributed by atoms with Gasteiger partial charge in [-0.15, -0.1) is 6.58 Å². The number of para-hydroxylation sites is 1. The van der Waals surface area contributed by atoms with Crippen molar-refractivity contribution in [2.75, 3.05) is 0 Å². The van der Waals surface area contributed by atoms with Crippen molar-refractivity contribution in [3.05, 3.63) is 40.9 Å². The second kappa shape index (κ2) is 4.44. The average Bonchev–Trinajstić information content (AvgIpc) is 2.10. The average molecular weight is 242 g/mol. The molecule has 0 aliphatic carbocycles. The van der Waals surface area contributed by atoms with Gasteiger partial charge in [-0.25, -0.2) is 0 Å². The molecule has 0 saturated carbocycles. The van der Waals surface area contributed by atoms with E-state index < -0.39 is 0 Å². The van der Waals surface area contributed by atoms with Crippen molar-refractivity contribution in [2.24, 2.45) is 5.73 Å². The van der Waals surface area contributed by atoms with E-state index in [-0.39, 0.29) is 11.8 Å². The van der Waals surface area contributed by atoms with Crippen molar-refractivity contribution in [2.45, 2.75) is 12.5 Å². The molecular formula is C10H12BrNO. The van der Waals surface area contributed by atoms with Crippen LogP contribution in [0.15, 0.2) is 35.3 Å². The van der Waals surface area contributed by atoms with Crippen molar-refractivity contribution in [3.63, 3.8) is 0 Å². The van der Waals surface area contributed by atoms with Crippen LogP contribution in [0.25, 0.3) is 0 Å². The molecule has 0 aliphatic heterocycles. The number of benzene rings is 1. The molecule has 3 N–H and O–H groups in total. The van der Waals surface area contributed by atoms with E-state index in [9.17, 15) is 5.11 Å². The van der Waals surface area contributed by atoms with Crippen LogP contribution < -0.4 is 5.73 Å². The Morgan fingerprint density at radius 1 is 1.62 bits per heavy atom. The summed E-state index contributed by atoms with van der Waals surface area (Å²) in [5.41, 5.74) is 6.57. The predicted octanol–water partition coefficient (Wildman–Crippen LogP) is 2.73. The van der Waals surface area contributed by atoms with Crippen molar-refractivity contribution >= 4 is 15.9 Å². The number of phenolic OH excluding ortho intramolecular Hbond substituents is 1. The van der Waals surface area contributed by atoms with Crippen molar-refractivity contribution in [1.29, 1.82) is 0 Å². The summed E-state index contributed by atoms with van der Waals surface area (Å²) < 4.78 is 0.671. The van der Waals surface area contributed by atoms with Gasteiger partial charge in [0.2, 0.25) is 0 Å². The molecule has 0 amide bonds. The SMILES string of the molecule is C=CC[C@@H](N)c1cccc(Br)c1O. The smallest absolute Gasteiger partial charge is 0.134 e. The Bertz CT molecular complexity index is 312. The third kappa shape index (κ3) is 2.32. The van der Waals surface area contributed by atoms with Gasteiger partial charge in [0.1, 0.15) is 5.75 Å². The molecule has 0 heterocycles. The number of phenols is 1. The molecule has 1 rings (SSSR count). The van der Waals surface area contributed by atoms with Crippen LogP contribution in [0, 0.1) is 0 Å². The van der Waals surface area contributed by atoms with Gasteiger partial charge in [-0.1, -0.05) is 18.2 Å². The maximum Gasteiger partial charge on any atom is 0.134 e. The maximum absolute atomic E-state index is 9.63. The van der Waals surface area contributed by atoms with Crippen LogP contribution >= 0.6 is 15.9 Å². The molecule has 0 spiro atoms. The lowest BCUT2D eigenvalue weighted by atomic mass is 10.0. The van der Waals surface area contributed by atoms with Gasteiger partial charge in [0.25, 0.3) is 0 Å². The minimum atomic E-state index is -0.185. The largest absolute Gasteiger partial charge is 0.506 e. The van der Waals surface area contributed by atoms with Crippen molar-refractivity contribution in [3.8, 4) is 5.75 Å². The molecule has 1 aromatic rings. The van der Waals surface area contributed by atoms with Gasteiger partial charge < -0.3 is 10.8 Å². The summed E-state index contributed by atoms with van der Waals surface area (Å²) in [4.78, 5) is 0. The Kier molecular flexibility index (Phi) is 3.51. The number of hydrogen-bond acceptors (Lipinski definition) is 2. The molecule has 13 heavy (non-hydrogen) atoms. The van der Waals surface area contributed by atoms with Gasteiger partial charge in [-0.3, -0.25) is 0 Å². The van der Waals surface area contributed by atoms with E-state index >= 15 is 0 Å². The summed E-state index contributed by atoms with van der Waals surface area (Å²) >= 11 is 3.23. The molecule has 1 aromatic carbocycles. The van der Waals surface area contributed by atoms with Crippen LogP contribution in [-0.4, -0.2) is 5.11 Å². The number of aromatic hydroxyl groups is 1. The topological polar surface area (TPSA) is 46.2 Å². The second-order valence-corrected chi connectivity index (χ2v) is 3.66. The highest BCUT2D eigenvalue weighted by atomic mass is 79.9. The molecule has 0 fully saturated rings. The van der Waals surface area contributed by atoms with Gasteiger partial charge >= 0.3 is 0 Å². The fourth-order valence-electron chi connectivity index (χ4n) is 1.14. The minimum absolute atomic E-state index is 0.185. The highest BCUT2D eigenvalue weighted by Crippen LogP contribution is 2.31. The Morgan fingerprint density at radius 3 is 2.92 bits per heavy atom. The van der Waals surface area contributed by atoms with Crippen LogP contribution in [0.4, 0.5) is 0 Å². The van der Waals surface area contributed by atoms with Crippen molar-refractivity contribution < 1.29 is 5.11 Å². The maximum atomic E-state index is 9.63. The second-order valence-electron chi connectivity index (χ2n) is 2.81. The molecule has 1 atom stereocenters. The molecule has 3 heteroatoms. The summed E-state index contributed by atoms with van der Waals surface area (Å²) in [7, 11) is 0. The van der Waals surface area contributed by atoms with Crippen LogP contribution in [0.2, 0.25) is 0 Å². The van der Waals surface area contributed by atoms with E-state index in [4.69, 9.17) is 5.73 Å². The van der Waals surface area contributed by atoms with E-state index in [2.05, 4.69) is 22.5 Å². The first kappa shape index (κ1) is 10.3. The fraction of sp³-hybridized carbons (Fsp3) is 0.200. The molecule has 70 valence electrons. The highest BCUT2D eigenvalue weighted by molar-refractivity contribution is 9.10. The van der Waals surface area contributed by atoms with Gasteiger partial charge in [0.15, 0.2) is 0 Å². The molecule has 0 radical (unpaired) electrons. The van der Waals surface area contributed by atoms with Crippen LogP contribution in [-0.2, 0) is 0 Å². The van der Waals surface area contributed by atoms with E-state index in [1.807, 2.05) is 12.1 Å². The van der Waals surface area contributed by atoms with Crippen LogP contribution in [0.3, 0.4) is 0 Å². The van der Waals surface area contributed by atoms with E-state index in [1.165, 1.54) is 0 Å². The van der Waals surface area contributed by atoms with E-state index in [0.29, 0.717) is 10.9 Å². The standard InChI is InChI=1S/C10H12BrNO/c1-2-4-9(12)7-5-3-6-8(11)10(7)13/h2-3,5-6,9,13H,1,4,12H2/t9-/m1/s1.